The standard InChI is InChI=1S/C7H10ClN/c1-6-3-2-4-7(8,9)5-6/h2-3,5H,4,9H2,1H3. The van der Waals surface area contributed by atoms with E-state index in [2.05, 4.69) is 0 Å². The predicted octanol–water partition coefficient (Wildman–Crippen LogP) is 1.79. The van der Waals surface area contributed by atoms with E-state index >= 15 is 0 Å². The summed E-state index contributed by atoms with van der Waals surface area (Å²) in [5.74, 6) is 0. The van der Waals surface area contributed by atoms with Crippen LogP contribution in [0.15, 0.2) is 23.8 Å². The van der Waals surface area contributed by atoms with E-state index in [1.54, 1.807) is 0 Å². The number of rotatable bonds is 0. The minimum Gasteiger partial charge on any atom is -0.309 e. The molecule has 0 amide bonds. The number of nitrogens with two attached hydrogens (primary N) is 1. The Bertz CT molecular complexity index is 168. The molecule has 9 heavy (non-hydrogen) atoms. The molecule has 1 nitrogen and oxygen atoms in total. The Kier molecular flexibility index (Phi) is 1.64. The van der Waals surface area contributed by atoms with Gasteiger partial charge in [-0.05, 0) is 13.0 Å². The van der Waals surface area contributed by atoms with Crippen LogP contribution in [0.4, 0.5) is 0 Å². The molecule has 1 atom stereocenters. The minimum absolute atomic E-state index is 0.626. The molecule has 0 spiro atoms. The molecule has 0 aliphatic heterocycles. The lowest BCUT2D eigenvalue weighted by molar-refractivity contribution is 0.736. The zero-order valence-corrected chi connectivity index (χ0v) is 6.15. The van der Waals surface area contributed by atoms with Gasteiger partial charge in [0.2, 0.25) is 0 Å². The third-order valence-corrected chi connectivity index (χ3v) is 1.54. The van der Waals surface area contributed by atoms with E-state index in [0.717, 1.165) is 12.0 Å². The van der Waals surface area contributed by atoms with Crippen LogP contribution < -0.4 is 5.73 Å². The lowest BCUT2D eigenvalue weighted by Gasteiger charge is -2.19. The number of hydrogen-bond donors (Lipinski definition) is 1. The van der Waals surface area contributed by atoms with E-state index in [1.807, 2.05) is 25.2 Å². The summed E-state index contributed by atoms with van der Waals surface area (Å²) in [7, 11) is 0. The second-order valence-corrected chi connectivity index (χ2v) is 3.13. The number of alkyl halides is 1. The molecule has 0 bridgehead atoms. The molecular formula is C7H10ClN. The van der Waals surface area contributed by atoms with Crippen molar-refractivity contribution in [2.75, 3.05) is 0 Å². The van der Waals surface area contributed by atoms with Gasteiger partial charge in [0.15, 0.2) is 0 Å². The van der Waals surface area contributed by atoms with Crippen LogP contribution in [0.3, 0.4) is 0 Å². The lowest BCUT2D eigenvalue weighted by atomic mass is 10.0. The van der Waals surface area contributed by atoms with Crippen LogP contribution in [-0.4, -0.2) is 5.00 Å². The maximum absolute atomic E-state index is 5.82. The van der Waals surface area contributed by atoms with Gasteiger partial charge in [-0.3, -0.25) is 0 Å². The number of allylic oxidation sites excluding steroid dienone is 2. The molecule has 1 unspecified atom stereocenters. The molecule has 0 radical (unpaired) electrons. The van der Waals surface area contributed by atoms with Gasteiger partial charge in [-0.2, -0.15) is 0 Å². The molecule has 50 valence electrons. The average molecular weight is 144 g/mol. The van der Waals surface area contributed by atoms with E-state index < -0.39 is 5.00 Å². The Labute approximate surface area is 60.2 Å². The van der Waals surface area contributed by atoms with Crippen molar-refractivity contribution in [3.63, 3.8) is 0 Å². The maximum Gasteiger partial charge on any atom is 0.114 e. The second kappa shape index (κ2) is 2.16. The van der Waals surface area contributed by atoms with Gasteiger partial charge in [0.25, 0.3) is 0 Å². The van der Waals surface area contributed by atoms with E-state index in [4.69, 9.17) is 17.3 Å². The van der Waals surface area contributed by atoms with Crippen molar-refractivity contribution >= 4 is 11.6 Å². The first-order valence-corrected chi connectivity index (χ1v) is 3.32. The van der Waals surface area contributed by atoms with E-state index in [1.165, 1.54) is 0 Å². The van der Waals surface area contributed by atoms with Gasteiger partial charge in [-0.25, -0.2) is 0 Å². The third kappa shape index (κ3) is 1.84. The summed E-state index contributed by atoms with van der Waals surface area (Å²) < 4.78 is 0. The monoisotopic (exact) mass is 143 g/mol. The van der Waals surface area contributed by atoms with Crippen LogP contribution in [0.1, 0.15) is 13.3 Å². The quantitative estimate of drug-likeness (QED) is 0.406. The SMILES string of the molecule is CC1=CC(N)(Cl)CC=C1. The molecule has 0 heterocycles. The van der Waals surface area contributed by atoms with E-state index in [0.29, 0.717) is 0 Å². The van der Waals surface area contributed by atoms with Crippen molar-refractivity contribution in [3.8, 4) is 0 Å². The molecule has 1 rings (SSSR count). The molecule has 1 aliphatic carbocycles. The van der Waals surface area contributed by atoms with Gasteiger partial charge < -0.3 is 5.73 Å². The highest BCUT2D eigenvalue weighted by atomic mass is 35.5. The molecule has 1 aliphatic rings. The van der Waals surface area contributed by atoms with Crippen molar-refractivity contribution in [1.29, 1.82) is 0 Å². The van der Waals surface area contributed by atoms with Gasteiger partial charge in [0.05, 0.1) is 0 Å². The first kappa shape index (κ1) is 6.84. The zero-order chi connectivity index (χ0) is 6.91. The topological polar surface area (TPSA) is 26.0 Å². The van der Waals surface area contributed by atoms with Crippen molar-refractivity contribution < 1.29 is 0 Å². The summed E-state index contributed by atoms with van der Waals surface area (Å²) in [6.45, 7) is 1.99. The van der Waals surface area contributed by atoms with Crippen LogP contribution in [-0.2, 0) is 0 Å². The van der Waals surface area contributed by atoms with Crippen LogP contribution in [0.25, 0.3) is 0 Å². The first-order chi connectivity index (χ1) is 4.10. The zero-order valence-electron chi connectivity index (χ0n) is 5.39. The normalized spacial score (nSPS) is 34.3. The Balaban J connectivity index is 2.78. The molecule has 0 aromatic heterocycles. The fourth-order valence-corrected chi connectivity index (χ4v) is 1.17. The first-order valence-electron chi connectivity index (χ1n) is 2.94. The van der Waals surface area contributed by atoms with Gasteiger partial charge in [0.1, 0.15) is 5.00 Å². The van der Waals surface area contributed by atoms with Crippen molar-refractivity contribution in [2.45, 2.75) is 18.3 Å². The summed E-state index contributed by atoms with van der Waals surface area (Å²) in [5.41, 5.74) is 6.74. The van der Waals surface area contributed by atoms with Crippen LogP contribution in [0.5, 0.6) is 0 Å². The maximum atomic E-state index is 5.82. The molecule has 0 aromatic carbocycles. The number of hydrogen-bond acceptors (Lipinski definition) is 1. The predicted molar refractivity (Wildman–Crippen MR) is 40.3 cm³/mol. The van der Waals surface area contributed by atoms with Gasteiger partial charge >= 0.3 is 0 Å². The average Bonchev–Trinajstić information content (AvgIpc) is 1.60. The Morgan fingerprint density at radius 2 is 2.44 bits per heavy atom. The fourth-order valence-electron chi connectivity index (χ4n) is 0.911. The van der Waals surface area contributed by atoms with Crippen molar-refractivity contribution in [2.24, 2.45) is 5.73 Å². The Morgan fingerprint density at radius 1 is 1.78 bits per heavy atom. The number of halogens is 1. The van der Waals surface area contributed by atoms with Crippen molar-refractivity contribution in [3.05, 3.63) is 23.8 Å². The van der Waals surface area contributed by atoms with Crippen LogP contribution in [0.2, 0.25) is 0 Å². The molecule has 2 N–H and O–H groups in total. The van der Waals surface area contributed by atoms with E-state index in [-0.39, 0.29) is 0 Å². The smallest absolute Gasteiger partial charge is 0.114 e. The molecule has 0 aromatic rings. The molecule has 0 fully saturated rings. The van der Waals surface area contributed by atoms with Crippen LogP contribution in [0, 0.1) is 0 Å². The summed E-state index contributed by atoms with van der Waals surface area (Å²) in [5, 5.41) is 0. The summed E-state index contributed by atoms with van der Waals surface area (Å²) >= 11 is 5.82. The van der Waals surface area contributed by atoms with Gasteiger partial charge in [-0.15, -0.1) is 0 Å². The highest BCUT2D eigenvalue weighted by Crippen LogP contribution is 2.21. The van der Waals surface area contributed by atoms with E-state index in [9.17, 15) is 0 Å². The second-order valence-electron chi connectivity index (χ2n) is 2.42. The third-order valence-electron chi connectivity index (χ3n) is 1.28. The molecule has 0 saturated carbocycles. The van der Waals surface area contributed by atoms with Crippen LogP contribution >= 0.6 is 11.6 Å². The summed E-state index contributed by atoms with van der Waals surface area (Å²) in [4.78, 5) is -0.626. The fraction of sp³-hybridized carbons (Fsp3) is 0.429. The summed E-state index contributed by atoms with van der Waals surface area (Å²) in [6, 6.07) is 0. The Morgan fingerprint density at radius 3 is 2.78 bits per heavy atom. The minimum atomic E-state index is -0.626. The molecular weight excluding hydrogens is 134 g/mol. The van der Waals surface area contributed by atoms with Gasteiger partial charge in [0, 0.05) is 6.42 Å². The van der Waals surface area contributed by atoms with Gasteiger partial charge in [-0.1, -0.05) is 29.3 Å². The highest BCUT2D eigenvalue weighted by molar-refractivity contribution is 6.25. The summed E-state index contributed by atoms with van der Waals surface area (Å²) in [6.07, 6.45) is 6.61. The Hall–Kier alpha value is -0.270. The van der Waals surface area contributed by atoms with Crippen molar-refractivity contribution in [1.82, 2.24) is 0 Å². The molecule has 2 heteroatoms. The molecule has 0 saturated heterocycles. The largest absolute Gasteiger partial charge is 0.309 e. The lowest BCUT2D eigenvalue weighted by Crippen LogP contribution is -2.31. The highest BCUT2D eigenvalue weighted by Gasteiger charge is 2.17.